The van der Waals surface area contributed by atoms with Crippen LogP contribution in [0.5, 0.6) is 0 Å². The molecule has 1 aromatic rings. The highest BCUT2D eigenvalue weighted by atomic mass is 35.5. The van der Waals surface area contributed by atoms with E-state index in [-0.39, 0.29) is 22.3 Å². The van der Waals surface area contributed by atoms with Gasteiger partial charge in [0.2, 0.25) is 0 Å². The minimum atomic E-state index is -4.31. The molecule has 0 saturated heterocycles. The summed E-state index contributed by atoms with van der Waals surface area (Å²) in [6.45, 7) is 0. The first kappa shape index (κ1) is 16.4. The Balaban J connectivity index is 2.13. The molecule has 0 aliphatic heterocycles. The third-order valence-corrected chi connectivity index (χ3v) is 3.92. The second-order valence-electron chi connectivity index (χ2n) is 5.01. The van der Waals surface area contributed by atoms with Crippen LogP contribution in [0.25, 0.3) is 0 Å². The lowest BCUT2D eigenvalue weighted by Crippen LogP contribution is -2.47. The van der Waals surface area contributed by atoms with Crippen LogP contribution >= 0.6 is 23.2 Å². The van der Waals surface area contributed by atoms with Crippen LogP contribution in [0, 0.1) is 5.92 Å². The van der Waals surface area contributed by atoms with E-state index >= 15 is 0 Å². The molecule has 1 aromatic heterocycles. The fraction of sp³-hybridized carbons (Fsp3) is 0.538. The van der Waals surface area contributed by atoms with Gasteiger partial charge < -0.3 is 5.32 Å². The fourth-order valence-corrected chi connectivity index (χ4v) is 3.00. The van der Waals surface area contributed by atoms with Gasteiger partial charge in [-0.05, 0) is 25.0 Å². The number of rotatable bonds is 2. The Bertz CT molecular complexity index is 516. The molecule has 1 aliphatic rings. The Kier molecular flexibility index (Phi) is 4.99. The molecule has 1 saturated carbocycles. The number of hydrogen-bond acceptors (Lipinski definition) is 2. The molecule has 0 bridgehead atoms. The molecule has 2 rings (SSSR count). The Morgan fingerprint density at radius 3 is 2.33 bits per heavy atom. The predicted octanol–water partition coefficient (Wildman–Crippen LogP) is 4.24. The topological polar surface area (TPSA) is 42.0 Å². The summed E-state index contributed by atoms with van der Waals surface area (Å²) in [6, 6.07) is 1.62. The van der Waals surface area contributed by atoms with E-state index < -0.39 is 24.0 Å². The zero-order valence-electron chi connectivity index (χ0n) is 10.9. The van der Waals surface area contributed by atoms with Gasteiger partial charge in [-0.15, -0.1) is 0 Å². The van der Waals surface area contributed by atoms with Crippen molar-refractivity contribution < 1.29 is 18.0 Å². The highest BCUT2D eigenvalue weighted by Crippen LogP contribution is 2.37. The molecule has 3 nitrogen and oxygen atoms in total. The SMILES string of the molecule is O=C(NC1CCCCC1C(F)(F)F)c1cc(Cl)nc(Cl)c1. The average molecular weight is 341 g/mol. The molecular formula is C13H13Cl2F3N2O. The monoisotopic (exact) mass is 340 g/mol. The van der Waals surface area contributed by atoms with Crippen LogP contribution in [0.2, 0.25) is 10.3 Å². The van der Waals surface area contributed by atoms with Crippen LogP contribution in [0.4, 0.5) is 13.2 Å². The van der Waals surface area contributed by atoms with E-state index in [2.05, 4.69) is 10.3 Å². The molecule has 0 spiro atoms. The van der Waals surface area contributed by atoms with Crippen molar-refractivity contribution in [3.8, 4) is 0 Å². The first-order chi connectivity index (χ1) is 9.77. The minimum absolute atomic E-state index is 0.0173. The molecule has 0 aromatic carbocycles. The van der Waals surface area contributed by atoms with Crippen LogP contribution < -0.4 is 5.32 Å². The van der Waals surface area contributed by atoms with Crippen molar-refractivity contribution >= 4 is 29.1 Å². The summed E-state index contributed by atoms with van der Waals surface area (Å²) >= 11 is 11.4. The van der Waals surface area contributed by atoms with Gasteiger partial charge >= 0.3 is 6.18 Å². The molecule has 116 valence electrons. The van der Waals surface area contributed by atoms with Crippen molar-refractivity contribution in [1.29, 1.82) is 0 Å². The lowest BCUT2D eigenvalue weighted by atomic mass is 9.84. The highest BCUT2D eigenvalue weighted by Gasteiger charge is 2.46. The molecule has 1 amide bonds. The van der Waals surface area contributed by atoms with Crippen LogP contribution in [0.1, 0.15) is 36.0 Å². The zero-order valence-corrected chi connectivity index (χ0v) is 12.4. The van der Waals surface area contributed by atoms with Crippen molar-refractivity contribution in [2.75, 3.05) is 0 Å². The van der Waals surface area contributed by atoms with Gasteiger partial charge in [-0.2, -0.15) is 13.2 Å². The number of alkyl halides is 3. The molecular weight excluding hydrogens is 328 g/mol. The standard InChI is InChI=1S/C13H13Cl2F3N2O/c14-10-5-7(6-11(15)20-10)12(21)19-9-4-2-1-3-8(9)13(16,17)18/h5-6,8-9H,1-4H2,(H,19,21). The van der Waals surface area contributed by atoms with E-state index in [4.69, 9.17) is 23.2 Å². The molecule has 1 fully saturated rings. The van der Waals surface area contributed by atoms with Crippen LogP contribution in [-0.4, -0.2) is 23.1 Å². The number of nitrogens with one attached hydrogen (secondary N) is 1. The first-order valence-corrected chi connectivity index (χ1v) is 7.23. The van der Waals surface area contributed by atoms with Gasteiger partial charge in [-0.3, -0.25) is 4.79 Å². The Labute approximate surface area is 129 Å². The third-order valence-electron chi connectivity index (χ3n) is 3.53. The number of amides is 1. The van der Waals surface area contributed by atoms with Gasteiger partial charge in [0.1, 0.15) is 10.3 Å². The van der Waals surface area contributed by atoms with Gasteiger partial charge in [0.25, 0.3) is 5.91 Å². The van der Waals surface area contributed by atoms with Crippen molar-refractivity contribution in [3.63, 3.8) is 0 Å². The Hall–Kier alpha value is -1.01. The summed E-state index contributed by atoms with van der Waals surface area (Å²) in [5.74, 6) is -2.13. The molecule has 1 aliphatic carbocycles. The van der Waals surface area contributed by atoms with Crippen molar-refractivity contribution in [2.45, 2.75) is 37.9 Å². The van der Waals surface area contributed by atoms with Gasteiger partial charge in [0.05, 0.1) is 5.92 Å². The first-order valence-electron chi connectivity index (χ1n) is 6.48. The molecule has 8 heteroatoms. The van der Waals surface area contributed by atoms with Crippen LogP contribution in [0.3, 0.4) is 0 Å². The summed E-state index contributed by atoms with van der Waals surface area (Å²) < 4.78 is 38.9. The maximum Gasteiger partial charge on any atom is 0.393 e. The quantitative estimate of drug-likeness (QED) is 0.818. The van der Waals surface area contributed by atoms with Crippen molar-refractivity contribution in [2.24, 2.45) is 5.92 Å². The molecule has 2 atom stereocenters. The Morgan fingerprint density at radius 2 is 1.76 bits per heavy atom. The Morgan fingerprint density at radius 1 is 1.19 bits per heavy atom. The number of halogens is 5. The predicted molar refractivity (Wildman–Crippen MR) is 73.5 cm³/mol. The van der Waals surface area contributed by atoms with E-state index in [0.29, 0.717) is 19.3 Å². The highest BCUT2D eigenvalue weighted by molar-refractivity contribution is 6.33. The van der Waals surface area contributed by atoms with Gasteiger partial charge in [0, 0.05) is 11.6 Å². The van der Waals surface area contributed by atoms with E-state index in [1.54, 1.807) is 0 Å². The van der Waals surface area contributed by atoms with Gasteiger partial charge in [0.15, 0.2) is 0 Å². The van der Waals surface area contributed by atoms with Crippen LogP contribution in [-0.2, 0) is 0 Å². The largest absolute Gasteiger partial charge is 0.393 e. The number of nitrogens with zero attached hydrogens (tertiary/aromatic N) is 1. The molecule has 0 radical (unpaired) electrons. The second-order valence-corrected chi connectivity index (χ2v) is 5.79. The van der Waals surface area contributed by atoms with Crippen molar-refractivity contribution in [3.05, 3.63) is 28.0 Å². The minimum Gasteiger partial charge on any atom is -0.349 e. The smallest absolute Gasteiger partial charge is 0.349 e. The summed E-state index contributed by atoms with van der Waals surface area (Å²) in [7, 11) is 0. The maximum atomic E-state index is 13.0. The number of carbonyl (C=O) groups is 1. The van der Waals surface area contributed by atoms with Crippen LogP contribution in [0.15, 0.2) is 12.1 Å². The molecule has 21 heavy (non-hydrogen) atoms. The van der Waals surface area contributed by atoms with Crippen molar-refractivity contribution in [1.82, 2.24) is 10.3 Å². The summed E-state index contributed by atoms with van der Waals surface area (Å²) in [5, 5.41) is 2.48. The summed E-state index contributed by atoms with van der Waals surface area (Å²) in [6.07, 6.45) is -2.79. The third kappa shape index (κ3) is 4.23. The lowest BCUT2D eigenvalue weighted by Gasteiger charge is -2.33. The molecule has 2 unspecified atom stereocenters. The van der Waals surface area contributed by atoms with E-state index in [1.807, 2.05) is 0 Å². The second kappa shape index (κ2) is 6.40. The van der Waals surface area contributed by atoms with E-state index in [9.17, 15) is 18.0 Å². The number of pyridine rings is 1. The normalized spacial score (nSPS) is 22.9. The summed E-state index contributed by atoms with van der Waals surface area (Å²) in [4.78, 5) is 15.8. The number of aromatic nitrogens is 1. The average Bonchev–Trinajstić information content (AvgIpc) is 2.37. The van der Waals surface area contributed by atoms with E-state index in [0.717, 1.165) is 0 Å². The van der Waals surface area contributed by atoms with Gasteiger partial charge in [-0.25, -0.2) is 4.98 Å². The summed E-state index contributed by atoms with van der Waals surface area (Å²) in [5.41, 5.74) is 0.103. The number of hydrogen-bond donors (Lipinski definition) is 1. The maximum absolute atomic E-state index is 13.0. The molecule has 1 heterocycles. The van der Waals surface area contributed by atoms with E-state index in [1.165, 1.54) is 12.1 Å². The fourth-order valence-electron chi connectivity index (χ4n) is 2.54. The number of carbonyl (C=O) groups excluding carboxylic acids is 1. The molecule has 1 N–H and O–H groups in total. The van der Waals surface area contributed by atoms with Gasteiger partial charge in [-0.1, -0.05) is 36.0 Å². The zero-order chi connectivity index (χ0) is 15.6. The lowest BCUT2D eigenvalue weighted by molar-refractivity contribution is -0.187.